The molecule has 2 aromatic rings. The van der Waals surface area contributed by atoms with Crippen LogP contribution in [0.25, 0.3) is 0 Å². The number of hydrogen-bond acceptors (Lipinski definition) is 6. The number of ether oxygens (including phenoxy) is 2. The molecule has 1 amide bonds. The molecule has 0 atom stereocenters. The number of nitrogens with one attached hydrogen (secondary N) is 2. The summed E-state index contributed by atoms with van der Waals surface area (Å²) in [6, 6.07) is 0. The molecule has 2 N–H and O–H groups in total. The molecule has 1 aliphatic heterocycles. The van der Waals surface area contributed by atoms with E-state index in [9.17, 15) is 4.79 Å². The van der Waals surface area contributed by atoms with Gasteiger partial charge in [-0.05, 0) is 6.92 Å². The zero-order chi connectivity index (χ0) is 16.4. The van der Waals surface area contributed by atoms with Gasteiger partial charge in [0.1, 0.15) is 19.0 Å². The predicted octanol–water partition coefficient (Wildman–Crippen LogP) is 1.33. The molecule has 0 aliphatic carbocycles. The Bertz CT molecular complexity index is 726. The molecule has 0 aromatic carbocycles. The van der Waals surface area contributed by atoms with E-state index in [2.05, 4.69) is 25.5 Å². The van der Waals surface area contributed by atoms with Gasteiger partial charge in [0.2, 0.25) is 5.75 Å². The summed E-state index contributed by atoms with van der Waals surface area (Å²) >= 11 is 0. The fraction of sp³-hybridized carbons (Fsp3) is 0.467. The van der Waals surface area contributed by atoms with E-state index in [4.69, 9.17) is 9.47 Å². The number of fused-ring (bicyclic) bond motifs is 1. The second-order valence-corrected chi connectivity index (χ2v) is 5.62. The Labute approximate surface area is 133 Å². The van der Waals surface area contributed by atoms with E-state index in [1.165, 1.54) is 0 Å². The van der Waals surface area contributed by atoms with Gasteiger partial charge in [0.05, 0.1) is 6.20 Å². The van der Waals surface area contributed by atoms with Gasteiger partial charge in [-0.25, -0.2) is 4.98 Å². The molecular weight excluding hydrogens is 298 g/mol. The Morgan fingerprint density at radius 1 is 1.35 bits per heavy atom. The lowest BCUT2D eigenvalue weighted by Crippen LogP contribution is -2.28. The van der Waals surface area contributed by atoms with Crippen molar-refractivity contribution in [2.24, 2.45) is 0 Å². The summed E-state index contributed by atoms with van der Waals surface area (Å²) in [4.78, 5) is 21.2. The van der Waals surface area contributed by atoms with Crippen LogP contribution in [0, 0.1) is 6.92 Å². The van der Waals surface area contributed by atoms with Crippen molar-refractivity contribution in [1.29, 1.82) is 0 Å². The van der Waals surface area contributed by atoms with Gasteiger partial charge in [-0.3, -0.25) is 9.89 Å². The smallest absolute Gasteiger partial charge is 0.274 e. The van der Waals surface area contributed by atoms with Gasteiger partial charge in [-0.2, -0.15) is 10.1 Å². The SMILES string of the molecule is Cc1[nH]ncc1CNC(=O)c1nc(C(C)C)nc2c1OCCO2. The third-order valence-electron chi connectivity index (χ3n) is 3.53. The predicted molar refractivity (Wildman–Crippen MR) is 81.6 cm³/mol. The normalized spacial score (nSPS) is 13.2. The van der Waals surface area contributed by atoms with Gasteiger partial charge >= 0.3 is 0 Å². The van der Waals surface area contributed by atoms with Crippen molar-refractivity contribution in [3.05, 3.63) is 29.0 Å². The van der Waals surface area contributed by atoms with Crippen molar-refractivity contribution in [3.63, 3.8) is 0 Å². The van der Waals surface area contributed by atoms with Gasteiger partial charge in [-0.15, -0.1) is 0 Å². The molecule has 8 nitrogen and oxygen atoms in total. The number of carbonyl (C=O) groups excluding carboxylic acids is 1. The summed E-state index contributed by atoms with van der Waals surface area (Å²) in [5.74, 6) is 0.950. The van der Waals surface area contributed by atoms with E-state index in [1.54, 1.807) is 6.20 Å². The summed E-state index contributed by atoms with van der Waals surface area (Å²) in [5, 5.41) is 9.60. The topological polar surface area (TPSA) is 102 Å². The van der Waals surface area contributed by atoms with E-state index in [-0.39, 0.29) is 17.5 Å². The van der Waals surface area contributed by atoms with Crippen molar-refractivity contribution in [3.8, 4) is 11.6 Å². The Balaban J connectivity index is 1.86. The lowest BCUT2D eigenvalue weighted by Gasteiger charge is -2.20. The van der Waals surface area contributed by atoms with Crippen LogP contribution in [0.15, 0.2) is 6.20 Å². The molecule has 0 spiro atoms. The maximum atomic E-state index is 12.5. The summed E-state index contributed by atoms with van der Waals surface area (Å²) < 4.78 is 11.0. The average molecular weight is 317 g/mol. The quantitative estimate of drug-likeness (QED) is 0.882. The molecule has 0 fully saturated rings. The van der Waals surface area contributed by atoms with Gasteiger partial charge in [0.15, 0.2) is 5.69 Å². The lowest BCUT2D eigenvalue weighted by molar-refractivity contribution is 0.0930. The molecule has 0 saturated carbocycles. The summed E-state index contributed by atoms with van der Waals surface area (Å²) in [7, 11) is 0. The molecule has 23 heavy (non-hydrogen) atoms. The minimum absolute atomic E-state index is 0.0773. The standard InChI is InChI=1S/C15H19N5O3/c1-8(2)13-18-11(12-15(19-13)23-5-4-22-12)14(21)16-6-10-7-17-20-9(10)3/h7-8H,4-6H2,1-3H3,(H,16,21)(H,17,20). The van der Waals surface area contributed by atoms with E-state index >= 15 is 0 Å². The molecule has 8 heteroatoms. The molecule has 1 aliphatic rings. The Morgan fingerprint density at radius 2 is 2.13 bits per heavy atom. The van der Waals surface area contributed by atoms with Crippen molar-refractivity contribution in [2.45, 2.75) is 33.2 Å². The Hall–Kier alpha value is -2.64. The Kier molecular flexibility index (Phi) is 4.14. The van der Waals surface area contributed by atoms with Crippen LogP contribution >= 0.6 is 0 Å². The van der Waals surface area contributed by atoms with Crippen molar-refractivity contribution in [1.82, 2.24) is 25.5 Å². The number of carbonyl (C=O) groups is 1. The largest absolute Gasteiger partial charge is 0.483 e. The van der Waals surface area contributed by atoms with Gasteiger partial charge in [0, 0.05) is 23.7 Å². The summed E-state index contributed by atoms with van der Waals surface area (Å²) in [6.07, 6.45) is 1.68. The molecular formula is C15H19N5O3. The van der Waals surface area contributed by atoms with Crippen molar-refractivity contribution in [2.75, 3.05) is 13.2 Å². The number of aromatic amines is 1. The summed E-state index contributed by atoms with van der Waals surface area (Å²) in [6.45, 7) is 6.96. The van der Waals surface area contributed by atoms with E-state index in [0.29, 0.717) is 37.2 Å². The molecule has 122 valence electrons. The number of nitrogens with zero attached hydrogens (tertiary/aromatic N) is 3. The number of H-pyrrole nitrogens is 1. The fourth-order valence-electron chi connectivity index (χ4n) is 2.18. The van der Waals surface area contributed by atoms with Gasteiger partial charge in [-0.1, -0.05) is 13.8 Å². The van der Waals surface area contributed by atoms with Crippen LogP contribution < -0.4 is 14.8 Å². The molecule has 0 saturated heterocycles. The highest BCUT2D eigenvalue weighted by atomic mass is 16.6. The number of hydrogen-bond donors (Lipinski definition) is 2. The minimum Gasteiger partial charge on any atom is -0.483 e. The van der Waals surface area contributed by atoms with Crippen LogP contribution in [0.1, 0.15) is 47.3 Å². The van der Waals surface area contributed by atoms with Crippen molar-refractivity contribution >= 4 is 5.91 Å². The highest BCUT2D eigenvalue weighted by Crippen LogP contribution is 2.32. The van der Waals surface area contributed by atoms with Crippen LogP contribution in [0.2, 0.25) is 0 Å². The highest BCUT2D eigenvalue weighted by molar-refractivity contribution is 5.95. The van der Waals surface area contributed by atoms with Crippen LogP contribution in [0.4, 0.5) is 0 Å². The molecule has 3 heterocycles. The molecule has 2 aromatic heterocycles. The number of aryl methyl sites for hydroxylation is 1. The Morgan fingerprint density at radius 3 is 2.83 bits per heavy atom. The maximum Gasteiger partial charge on any atom is 0.274 e. The molecule has 3 rings (SSSR count). The highest BCUT2D eigenvalue weighted by Gasteiger charge is 2.26. The van der Waals surface area contributed by atoms with Crippen LogP contribution in [-0.4, -0.2) is 39.3 Å². The second-order valence-electron chi connectivity index (χ2n) is 5.62. The molecule has 0 unspecified atom stereocenters. The fourth-order valence-corrected chi connectivity index (χ4v) is 2.18. The third-order valence-corrected chi connectivity index (χ3v) is 3.53. The van der Waals surface area contributed by atoms with Crippen molar-refractivity contribution < 1.29 is 14.3 Å². The maximum absolute atomic E-state index is 12.5. The number of amides is 1. The molecule has 0 radical (unpaired) electrons. The number of rotatable bonds is 4. The zero-order valence-electron chi connectivity index (χ0n) is 13.3. The van der Waals surface area contributed by atoms with E-state index in [1.807, 2.05) is 20.8 Å². The first-order valence-electron chi connectivity index (χ1n) is 7.51. The first kappa shape index (κ1) is 15.3. The number of aromatic nitrogens is 4. The van der Waals surface area contributed by atoms with Crippen LogP contribution in [0.5, 0.6) is 11.6 Å². The summed E-state index contributed by atoms with van der Waals surface area (Å²) in [5.41, 5.74) is 2.04. The van der Waals surface area contributed by atoms with E-state index in [0.717, 1.165) is 11.3 Å². The first-order valence-corrected chi connectivity index (χ1v) is 7.51. The lowest BCUT2D eigenvalue weighted by atomic mass is 10.2. The zero-order valence-corrected chi connectivity index (χ0v) is 13.3. The van der Waals surface area contributed by atoms with E-state index < -0.39 is 0 Å². The molecule has 0 bridgehead atoms. The third kappa shape index (κ3) is 3.10. The van der Waals surface area contributed by atoms with Crippen LogP contribution in [0.3, 0.4) is 0 Å². The first-order chi connectivity index (χ1) is 11.1. The second kappa shape index (κ2) is 6.23. The monoisotopic (exact) mass is 317 g/mol. The van der Waals surface area contributed by atoms with Crippen LogP contribution in [-0.2, 0) is 6.54 Å². The van der Waals surface area contributed by atoms with Gasteiger partial charge < -0.3 is 14.8 Å². The average Bonchev–Trinajstić information content (AvgIpc) is 2.96. The van der Waals surface area contributed by atoms with Gasteiger partial charge in [0.25, 0.3) is 11.8 Å². The minimum atomic E-state index is -0.323.